The molecule has 0 spiro atoms. The number of carbonyl (C=O) groups is 3. The number of aromatic nitrogens is 3. The summed E-state index contributed by atoms with van der Waals surface area (Å²) in [4.78, 5) is 40.7. The van der Waals surface area contributed by atoms with E-state index in [1.807, 2.05) is 13.0 Å². The molecule has 2 aromatic heterocycles. The average molecular weight is 546 g/mol. The molecule has 0 aromatic carbocycles. The molecule has 12 heteroatoms. The van der Waals surface area contributed by atoms with Crippen molar-refractivity contribution < 1.29 is 33.3 Å². The van der Waals surface area contributed by atoms with Crippen LogP contribution >= 0.6 is 0 Å². The number of anilines is 1. The van der Waals surface area contributed by atoms with E-state index in [0.717, 1.165) is 37.8 Å². The second kappa shape index (κ2) is 11.5. The van der Waals surface area contributed by atoms with Gasteiger partial charge >= 0.3 is 18.0 Å². The van der Waals surface area contributed by atoms with E-state index in [0.29, 0.717) is 18.4 Å². The van der Waals surface area contributed by atoms with Gasteiger partial charge in [0.1, 0.15) is 24.1 Å². The first kappa shape index (κ1) is 28.8. The Hall–Kier alpha value is -3.25. The highest BCUT2D eigenvalue weighted by Crippen LogP contribution is 2.40. The van der Waals surface area contributed by atoms with Gasteiger partial charge in [0.15, 0.2) is 5.82 Å². The maximum Gasteiger partial charge on any atom is 0.415 e. The van der Waals surface area contributed by atoms with Crippen LogP contribution in [0.15, 0.2) is 18.5 Å². The van der Waals surface area contributed by atoms with Gasteiger partial charge in [-0.2, -0.15) is 5.10 Å². The fraction of sp³-hybridized carbons (Fsp3) is 0.667. The van der Waals surface area contributed by atoms with Crippen LogP contribution in [0.2, 0.25) is 0 Å². The van der Waals surface area contributed by atoms with Crippen molar-refractivity contribution in [1.29, 1.82) is 0 Å². The first-order valence-electron chi connectivity index (χ1n) is 13.5. The Morgan fingerprint density at radius 3 is 2.59 bits per heavy atom. The lowest BCUT2D eigenvalue weighted by atomic mass is 9.80. The Labute approximate surface area is 227 Å². The summed E-state index contributed by atoms with van der Waals surface area (Å²) in [5.74, 6) is -0.538. The molecule has 2 aliphatic rings. The number of carbonyl (C=O) groups excluding carboxylic acids is 3. The lowest BCUT2D eigenvalue weighted by molar-refractivity contribution is -0.161. The van der Waals surface area contributed by atoms with Crippen molar-refractivity contribution in [2.75, 3.05) is 18.7 Å². The van der Waals surface area contributed by atoms with Crippen LogP contribution in [0.3, 0.4) is 0 Å². The lowest BCUT2D eigenvalue weighted by Gasteiger charge is -2.32. The normalized spacial score (nSPS) is 22.8. The first-order valence-corrected chi connectivity index (χ1v) is 13.5. The van der Waals surface area contributed by atoms with E-state index in [1.54, 1.807) is 31.4 Å². The summed E-state index contributed by atoms with van der Waals surface area (Å²) in [5, 5.41) is 6.91. The van der Waals surface area contributed by atoms with Crippen molar-refractivity contribution >= 4 is 29.4 Å². The van der Waals surface area contributed by atoms with Crippen LogP contribution in [0.5, 0.6) is 0 Å². The molecule has 1 aliphatic heterocycles. The predicted molar refractivity (Wildman–Crippen MR) is 141 cm³/mol. The molecule has 1 saturated heterocycles. The number of rotatable bonds is 8. The molecule has 12 nitrogen and oxygen atoms in total. The van der Waals surface area contributed by atoms with E-state index in [4.69, 9.17) is 24.7 Å². The van der Waals surface area contributed by atoms with Crippen LogP contribution < -0.4 is 11.1 Å². The summed E-state index contributed by atoms with van der Waals surface area (Å²) in [6, 6.07) is 3.64. The molecule has 1 amide bonds. The zero-order chi connectivity index (χ0) is 28.3. The molecule has 2 aromatic rings. The van der Waals surface area contributed by atoms with Gasteiger partial charge < -0.3 is 24.7 Å². The molecular weight excluding hydrogens is 506 g/mol. The third kappa shape index (κ3) is 7.04. The maximum absolute atomic E-state index is 12.5. The molecule has 1 saturated carbocycles. The molecule has 214 valence electrons. The van der Waals surface area contributed by atoms with Crippen molar-refractivity contribution in [3.05, 3.63) is 24.2 Å². The third-order valence-corrected chi connectivity index (χ3v) is 7.35. The zero-order valence-corrected chi connectivity index (χ0v) is 23.2. The molecule has 2 fully saturated rings. The minimum atomic E-state index is -0.822. The van der Waals surface area contributed by atoms with Gasteiger partial charge in [-0.15, -0.1) is 0 Å². The van der Waals surface area contributed by atoms with E-state index in [9.17, 15) is 14.4 Å². The molecule has 3 N–H and O–H groups in total. The second-order valence-corrected chi connectivity index (χ2v) is 11.8. The minimum Gasteiger partial charge on any atom is -0.463 e. The van der Waals surface area contributed by atoms with E-state index < -0.39 is 35.4 Å². The molecule has 1 aliphatic carbocycles. The maximum atomic E-state index is 12.5. The van der Waals surface area contributed by atoms with Crippen LogP contribution in [0.1, 0.15) is 84.8 Å². The summed E-state index contributed by atoms with van der Waals surface area (Å²) in [7, 11) is 0. The minimum absolute atomic E-state index is 0.168. The van der Waals surface area contributed by atoms with Gasteiger partial charge in [-0.25, -0.2) is 14.3 Å². The highest BCUT2D eigenvalue weighted by Gasteiger charge is 2.41. The molecule has 0 radical (unpaired) electrons. The number of nitrogens with zero attached hydrogens (tertiary/aromatic N) is 3. The number of esters is 2. The molecule has 39 heavy (non-hydrogen) atoms. The van der Waals surface area contributed by atoms with Crippen LogP contribution in [0.25, 0.3) is 5.52 Å². The highest BCUT2D eigenvalue weighted by atomic mass is 16.7. The molecule has 3 heterocycles. The Balaban J connectivity index is 1.33. The number of hydrogen-bond acceptors (Lipinski definition) is 10. The van der Waals surface area contributed by atoms with E-state index in [2.05, 4.69) is 15.4 Å². The highest BCUT2D eigenvalue weighted by molar-refractivity contribution is 5.88. The second-order valence-electron chi connectivity index (χ2n) is 11.8. The summed E-state index contributed by atoms with van der Waals surface area (Å²) in [6.07, 6.45) is 6.83. The number of hydrogen-bond donors (Lipinski definition) is 2. The molecule has 0 bridgehead atoms. The first-order chi connectivity index (χ1) is 18.4. The Morgan fingerprint density at radius 1 is 1.13 bits per heavy atom. The quantitative estimate of drug-likeness (QED) is 0.369. The molecule has 0 unspecified atom stereocenters. The van der Waals surface area contributed by atoms with Crippen LogP contribution in [0.4, 0.5) is 10.6 Å². The molecule has 4 rings (SSSR count). The zero-order valence-electron chi connectivity index (χ0n) is 23.2. The fourth-order valence-corrected chi connectivity index (χ4v) is 5.10. The molecule has 2 atom stereocenters. The van der Waals surface area contributed by atoms with Crippen LogP contribution in [-0.2, 0) is 34.1 Å². The van der Waals surface area contributed by atoms with E-state index in [-0.39, 0.29) is 30.9 Å². The van der Waals surface area contributed by atoms with Crippen molar-refractivity contribution in [2.45, 2.75) is 96.3 Å². The van der Waals surface area contributed by atoms with Gasteiger partial charge in [-0.1, -0.05) is 19.3 Å². The van der Waals surface area contributed by atoms with Crippen molar-refractivity contribution in [3.63, 3.8) is 0 Å². The monoisotopic (exact) mass is 545 g/mol. The largest absolute Gasteiger partial charge is 0.463 e. The topological polar surface area (TPSA) is 156 Å². The molecular formula is C27H39N5O7. The average Bonchev–Trinajstić information content (AvgIpc) is 3.47. The van der Waals surface area contributed by atoms with E-state index in [1.165, 1.54) is 6.33 Å². The van der Waals surface area contributed by atoms with Crippen molar-refractivity contribution in [1.82, 2.24) is 14.6 Å². The summed E-state index contributed by atoms with van der Waals surface area (Å²) < 4.78 is 23.5. The fourth-order valence-electron chi connectivity index (χ4n) is 5.10. The van der Waals surface area contributed by atoms with Crippen LogP contribution in [0, 0.1) is 5.41 Å². The van der Waals surface area contributed by atoms with Crippen molar-refractivity contribution in [2.24, 2.45) is 11.1 Å². The summed E-state index contributed by atoms with van der Waals surface area (Å²) >= 11 is 0. The number of nitrogens with two attached hydrogens (primary N) is 1. The predicted octanol–water partition coefficient (Wildman–Crippen LogP) is 3.81. The van der Waals surface area contributed by atoms with Gasteiger partial charge in [-0.05, 0) is 65.5 Å². The third-order valence-electron chi connectivity index (χ3n) is 7.35. The summed E-state index contributed by atoms with van der Waals surface area (Å²) in [5.41, 5.74) is 5.86. The summed E-state index contributed by atoms with van der Waals surface area (Å²) in [6.45, 7) is 6.72. The van der Waals surface area contributed by atoms with Gasteiger partial charge in [0.25, 0.3) is 0 Å². The Morgan fingerprint density at radius 2 is 1.87 bits per heavy atom. The number of nitrogens with one attached hydrogen (secondary N) is 1. The van der Waals surface area contributed by atoms with E-state index >= 15 is 0 Å². The van der Waals surface area contributed by atoms with Gasteiger partial charge in [-0.3, -0.25) is 14.9 Å². The Kier molecular flexibility index (Phi) is 8.45. The van der Waals surface area contributed by atoms with Gasteiger partial charge in [0.05, 0.1) is 23.6 Å². The smallest absolute Gasteiger partial charge is 0.415 e. The Bertz CT molecular complexity index is 1200. The number of fused-ring (bicyclic) bond motifs is 1. The van der Waals surface area contributed by atoms with Crippen molar-refractivity contribution in [3.8, 4) is 0 Å². The van der Waals surface area contributed by atoms with Gasteiger partial charge in [0.2, 0.25) is 6.79 Å². The SMILES string of the molecule is CC(C)(C)C(=O)OCOC(=O)Nc1ncnn2c([C@@]3(C)CC[C@@H](COC(=O)CC4(N)CCCCC4)O3)ccc12. The lowest BCUT2D eigenvalue weighted by Crippen LogP contribution is -2.44. The standard InChI is InChI=1S/C27H39N5O7/c1-25(2,3)23(34)37-17-38-24(35)31-22-19-8-9-20(32(19)30-16-29-22)26(4)13-10-18(39-26)15-36-21(33)14-27(28)11-6-5-7-12-27/h8-9,16,18H,5-7,10-15,17,28H2,1-4H3,(H,29,30,31,35)/t18-,26+/m0/s1. The number of amides is 1. The van der Waals surface area contributed by atoms with Crippen LogP contribution in [-0.4, -0.2) is 57.7 Å². The van der Waals surface area contributed by atoms with Gasteiger partial charge in [0, 0.05) is 5.54 Å². The number of ether oxygens (including phenoxy) is 4.